The van der Waals surface area contributed by atoms with Crippen LogP contribution in [0.4, 0.5) is 0 Å². The number of imidazole rings is 1. The Morgan fingerprint density at radius 1 is 0.542 bits per heavy atom. The van der Waals surface area contributed by atoms with Crippen LogP contribution in [0.1, 0.15) is 128 Å². The Hall–Kier alpha value is -13.1. The third-order valence-corrected chi connectivity index (χ3v) is 21.6. The number of phenols is 1. The van der Waals surface area contributed by atoms with Gasteiger partial charge in [-0.2, -0.15) is 11.8 Å². The van der Waals surface area contributed by atoms with Crippen LogP contribution in [0.5, 0.6) is 5.75 Å². The van der Waals surface area contributed by atoms with E-state index >= 15 is 0 Å². The summed E-state index contributed by atoms with van der Waals surface area (Å²) in [7, 11) is 0. The molecule has 0 saturated carbocycles. The predicted octanol–water partition coefficient (Wildman–Crippen LogP) is -8.30. The van der Waals surface area contributed by atoms with Crippen molar-refractivity contribution >= 4 is 135 Å². The zero-order valence-electron chi connectivity index (χ0n) is 74.6. The van der Waals surface area contributed by atoms with E-state index in [9.17, 15) is 91.4 Å². The number of carbonyl (C=O) groups excluding carboxylic acids is 18. The zero-order chi connectivity index (χ0) is 97.0. The van der Waals surface area contributed by atoms with Crippen molar-refractivity contribution in [2.24, 2.45) is 68.6 Å². The van der Waals surface area contributed by atoms with Gasteiger partial charge in [0.1, 0.15) is 78.3 Å². The maximum Gasteiger partial charge on any atom is 0.243 e. The number of aliphatic imine (C=N–C) groups is 1. The number of hydrogen-bond donors (Lipinski definition) is 26. The van der Waals surface area contributed by atoms with Crippen LogP contribution < -0.4 is 126 Å². The van der Waals surface area contributed by atoms with Gasteiger partial charge in [-0.1, -0.05) is 58.0 Å². The van der Waals surface area contributed by atoms with Gasteiger partial charge in [-0.3, -0.25) is 91.3 Å². The molecule has 0 spiro atoms. The van der Waals surface area contributed by atoms with Gasteiger partial charge in [0.25, 0.3) is 0 Å². The van der Waals surface area contributed by atoms with Gasteiger partial charge in [-0.25, -0.2) is 4.98 Å². The highest BCUT2D eigenvalue weighted by Crippen LogP contribution is 2.23. The molecule has 18 amide bonds. The number of para-hydroxylation sites is 1. The van der Waals surface area contributed by atoms with Crippen LogP contribution in [0.3, 0.4) is 0 Å². The summed E-state index contributed by atoms with van der Waals surface area (Å²) >= 11 is 1.55. The number of likely N-dealkylation sites (tertiary alicyclic amines) is 1. The van der Waals surface area contributed by atoms with Crippen LogP contribution in [0.25, 0.3) is 10.9 Å². The second-order valence-corrected chi connectivity index (χ2v) is 33.4. The number of hydrogen-bond acceptors (Lipinski definition) is 26. The Balaban J connectivity index is 1.33. The number of thioether (sulfide) groups is 1. The topological polar surface area (TPSA) is 776 Å². The summed E-state index contributed by atoms with van der Waals surface area (Å²) in [6.45, 7) is 8.20. The molecule has 5 rings (SSSR count). The Labute approximate surface area is 761 Å². The second-order valence-electron chi connectivity index (χ2n) is 32.4. The molecule has 12 atom stereocenters. The molecule has 1 aliphatic heterocycles. The molecule has 2 aromatic heterocycles. The fourth-order valence-corrected chi connectivity index (χ4v) is 14.5. The minimum atomic E-state index is -1.95. The van der Waals surface area contributed by atoms with Gasteiger partial charge in [0.05, 0.1) is 37.4 Å². The smallest absolute Gasteiger partial charge is 0.243 e. The number of H-pyrrole nitrogens is 2. The third-order valence-electron chi connectivity index (χ3n) is 20.9. The Kier molecular flexibility index (Phi) is 46.7. The van der Waals surface area contributed by atoms with Crippen LogP contribution in [0.2, 0.25) is 0 Å². The summed E-state index contributed by atoms with van der Waals surface area (Å²) in [6, 6.07) is -5.47. The number of rotatable bonds is 61. The van der Waals surface area contributed by atoms with E-state index in [0.717, 1.165) is 0 Å². The molecule has 34 N–H and O–H groups in total. The summed E-state index contributed by atoms with van der Waals surface area (Å²) in [5.41, 5.74) is 46.6. The third kappa shape index (κ3) is 38.6. The van der Waals surface area contributed by atoms with Crippen molar-refractivity contribution in [3.8, 4) is 5.75 Å². The van der Waals surface area contributed by atoms with E-state index in [1.165, 1.54) is 48.6 Å². The molecule has 3 heterocycles. The maximum absolute atomic E-state index is 14.7. The van der Waals surface area contributed by atoms with Crippen LogP contribution in [-0.4, -0.2) is 287 Å². The summed E-state index contributed by atoms with van der Waals surface area (Å²) < 4.78 is 0. The van der Waals surface area contributed by atoms with Gasteiger partial charge in [0, 0.05) is 108 Å². The van der Waals surface area contributed by atoms with Crippen molar-refractivity contribution < 1.29 is 91.4 Å². The number of carbonyl (C=O) groups is 18. The number of guanidine groups is 1. The number of benzene rings is 2. The lowest BCUT2D eigenvalue weighted by atomic mass is 10.0. The number of aromatic nitrogens is 3. The second kappa shape index (κ2) is 56.4. The molecule has 0 unspecified atom stereocenters. The van der Waals surface area contributed by atoms with E-state index in [1.54, 1.807) is 56.1 Å². The highest BCUT2D eigenvalue weighted by molar-refractivity contribution is 7.98. The molecular formula is C83H130N28O19S. The van der Waals surface area contributed by atoms with Crippen molar-refractivity contribution in [3.05, 3.63) is 84.1 Å². The van der Waals surface area contributed by atoms with E-state index in [2.05, 4.69) is 99.7 Å². The van der Waals surface area contributed by atoms with Crippen LogP contribution in [0, 0.1) is 17.8 Å². The van der Waals surface area contributed by atoms with Gasteiger partial charge in [-0.05, 0) is 118 Å². The first-order valence-corrected chi connectivity index (χ1v) is 44.6. The van der Waals surface area contributed by atoms with Crippen LogP contribution in [0.15, 0.2) is 72.2 Å². The van der Waals surface area contributed by atoms with Crippen molar-refractivity contribution in [1.29, 1.82) is 0 Å². The van der Waals surface area contributed by atoms with Gasteiger partial charge < -0.3 is 146 Å². The quantitative estimate of drug-likeness (QED) is 0.0111. The van der Waals surface area contributed by atoms with Gasteiger partial charge >= 0.3 is 0 Å². The fourth-order valence-electron chi connectivity index (χ4n) is 14.0. The summed E-state index contributed by atoms with van der Waals surface area (Å²) in [5, 5.41) is 49.8. The minimum Gasteiger partial charge on any atom is -0.508 e. The average molecular weight is 1860 g/mol. The zero-order valence-corrected chi connectivity index (χ0v) is 75.4. The minimum absolute atomic E-state index is 0.00613. The van der Waals surface area contributed by atoms with Crippen LogP contribution in [-0.2, 0) is 106 Å². The van der Waals surface area contributed by atoms with Crippen molar-refractivity contribution in [2.75, 3.05) is 77.5 Å². The lowest BCUT2D eigenvalue weighted by molar-refractivity contribution is -0.142. The monoisotopic (exact) mass is 1850 g/mol. The number of amides is 18. The summed E-state index contributed by atoms with van der Waals surface area (Å²) in [5.74, 6) is -18.0. The number of fused-ring (bicyclic) bond motifs is 1. The number of nitrogens with zero attached hydrogens (tertiary/aromatic N) is 3. The van der Waals surface area contributed by atoms with E-state index < -0.39 is 224 Å². The molecule has 47 nitrogen and oxygen atoms in total. The first kappa shape index (κ1) is 108. The Morgan fingerprint density at radius 3 is 1.62 bits per heavy atom. The molecule has 4 aromatic rings. The molecule has 131 heavy (non-hydrogen) atoms. The van der Waals surface area contributed by atoms with E-state index in [0.29, 0.717) is 72.5 Å². The normalized spacial score (nSPS) is 14.9. The number of phenolic OH excluding ortho intramolecular Hbond substituents is 1. The van der Waals surface area contributed by atoms with E-state index in [1.807, 2.05) is 20.1 Å². The fraction of sp³-hybridized carbons (Fsp3) is 0.566. The standard InChI is InChI=1S/C83H130N28O19S/c1-44(2)32-58(77(125)103-54(70(89)118)15-11-31-131-6)107-78(126)61(35-50-40-94-43-99-50)101-68(117)42-98-81(129)69(45(3)4)110-71(119)46(5)100-76(124)60(34-48-39-96-53-13-8-7-12-52(48)53)109-75(123)56(21-23-64(86)113)105-79(127)62(36-66(88)115)102-67(116)41-97-72(120)59(33-47-17-19-51(112)20-18-47)108-73(121)55(14-9-27-95-83(90)91)104-74(122)57(22-24-65(87)114)106-80(128)63-16-10-30-111(63)82(130)49(37-92-28-25-84)38-93-29-26-85/h7-8,12-13,17-20,39-40,43-46,49,54-63,69,92-93,96,112H,9-11,14-16,21-38,41-42,84-85H2,1-6H3,(H2,86,113)(H2,87,114)(H2,88,115)(H2,89,118)(H,94,99)(H,97,120)(H,98,129)(H,100,124)(H,101,117)(H,102,116)(H,103,125)(H,104,122)(H,105,127)(H,106,128)(H,107,126)(H,108,121)(H,109,123)(H,110,119)(H4,90,91,95)/t46-,54-,55-,56-,57-,58-,59-,60-,61-,62-,63-,69-/m0/s1. The van der Waals surface area contributed by atoms with E-state index in [4.69, 9.17) is 45.9 Å². The molecule has 0 bridgehead atoms. The highest BCUT2D eigenvalue weighted by atomic mass is 32.2. The van der Waals surface area contributed by atoms with Crippen molar-refractivity contribution in [3.63, 3.8) is 0 Å². The predicted molar refractivity (Wildman–Crippen MR) is 483 cm³/mol. The number of aromatic amines is 2. The number of primary amides is 4. The number of aromatic hydroxyl groups is 1. The molecule has 48 heteroatoms. The SMILES string of the molecule is CSCCC[C@H](NC(=O)[C@H](CC(C)C)NC(=O)[C@H](Cc1c[nH]cn1)NC(=O)CNC(=O)[C@@H](NC(=O)[C@H](C)NC(=O)[C@H](Cc1c[nH]c2ccccc12)NC(=O)[C@H](CCC(N)=O)NC(=O)[C@H](CC(N)=O)NC(=O)CNC(=O)[C@H](Cc1ccc(O)cc1)NC(=O)[C@H](CCCN=C(N)N)NC(=O)[C@H](CCC(N)=O)NC(=O)[C@@H]1CCCN1C(=O)C(CNCCN)CNCCN)C(C)C)C(N)=O. The Bertz CT molecular complexity index is 4540. The number of nitrogens with one attached hydrogen (secondary N) is 17. The van der Waals surface area contributed by atoms with Gasteiger partial charge in [0.2, 0.25) is 106 Å². The molecule has 1 fully saturated rings. The molecule has 1 aliphatic rings. The molecule has 1 saturated heterocycles. The molecule has 722 valence electrons. The number of nitrogens with two attached hydrogens (primary N) is 8. The first-order chi connectivity index (χ1) is 62.2. The molecule has 2 aromatic carbocycles. The van der Waals surface area contributed by atoms with Crippen LogP contribution >= 0.6 is 11.8 Å². The molecule has 0 radical (unpaired) electrons. The summed E-state index contributed by atoms with van der Waals surface area (Å²) in [6.07, 6.45) is 3.78. The molecular weight excluding hydrogens is 1730 g/mol. The van der Waals surface area contributed by atoms with E-state index in [-0.39, 0.29) is 108 Å². The average Bonchev–Trinajstić information content (AvgIpc) is 1.70. The van der Waals surface area contributed by atoms with Crippen molar-refractivity contribution in [2.45, 2.75) is 203 Å². The van der Waals surface area contributed by atoms with Gasteiger partial charge in [0.15, 0.2) is 5.96 Å². The largest absolute Gasteiger partial charge is 0.508 e. The molecule has 0 aliphatic carbocycles. The maximum atomic E-state index is 14.7. The van der Waals surface area contributed by atoms with Gasteiger partial charge in [-0.15, -0.1) is 0 Å². The highest BCUT2D eigenvalue weighted by Gasteiger charge is 2.41. The lowest BCUT2D eigenvalue weighted by Crippen LogP contribution is -2.60. The lowest BCUT2D eigenvalue weighted by Gasteiger charge is -2.30. The first-order valence-electron chi connectivity index (χ1n) is 43.2. The van der Waals surface area contributed by atoms with Crippen molar-refractivity contribution in [1.82, 2.24) is 99.6 Å². The Morgan fingerprint density at radius 2 is 1.06 bits per heavy atom. The summed E-state index contributed by atoms with van der Waals surface area (Å²) in [4.78, 5) is 265.